The number of phenols is 1. The molecule has 4 heteroatoms. The fraction of sp³-hybridized carbons (Fsp3) is 0.435. The fourth-order valence-electron chi connectivity index (χ4n) is 4.62. The van der Waals surface area contributed by atoms with Crippen LogP contribution in [-0.2, 0) is 6.42 Å². The molecule has 3 nitrogen and oxygen atoms in total. The molecular formula is C23H28ClNO2. The van der Waals surface area contributed by atoms with E-state index in [1.54, 1.807) is 6.07 Å². The summed E-state index contributed by atoms with van der Waals surface area (Å²) >= 11 is 0. The Labute approximate surface area is 167 Å². The van der Waals surface area contributed by atoms with Crippen LogP contribution >= 0.6 is 12.4 Å². The summed E-state index contributed by atoms with van der Waals surface area (Å²) in [7, 11) is 0. The summed E-state index contributed by atoms with van der Waals surface area (Å²) in [5.74, 6) is 1.65. The van der Waals surface area contributed by atoms with Gasteiger partial charge in [0.15, 0.2) is 5.78 Å². The van der Waals surface area contributed by atoms with Crippen molar-refractivity contribution in [3.05, 3.63) is 65.2 Å². The maximum atomic E-state index is 12.6. The molecule has 0 bridgehead atoms. The normalized spacial score (nSPS) is 21.2. The molecule has 0 spiro atoms. The minimum Gasteiger partial charge on any atom is -0.508 e. The van der Waals surface area contributed by atoms with E-state index < -0.39 is 0 Å². The first-order valence-electron chi connectivity index (χ1n) is 9.82. The highest BCUT2D eigenvalue weighted by atomic mass is 35.5. The van der Waals surface area contributed by atoms with E-state index in [2.05, 4.69) is 17.0 Å². The number of likely N-dealkylation sites (tertiary alicyclic amines) is 1. The van der Waals surface area contributed by atoms with Crippen molar-refractivity contribution < 1.29 is 9.90 Å². The highest BCUT2D eigenvalue weighted by molar-refractivity contribution is 5.97. The van der Waals surface area contributed by atoms with E-state index in [1.165, 1.54) is 5.56 Å². The molecule has 0 amide bonds. The van der Waals surface area contributed by atoms with Crippen LogP contribution in [0.4, 0.5) is 0 Å². The molecule has 2 aromatic rings. The van der Waals surface area contributed by atoms with E-state index in [1.807, 2.05) is 30.3 Å². The number of nitrogens with zero attached hydrogens (tertiary/aromatic N) is 1. The zero-order valence-corrected chi connectivity index (χ0v) is 16.5. The Bertz CT molecular complexity index is 783. The second-order valence-corrected chi connectivity index (χ2v) is 7.82. The third-order valence-electron chi connectivity index (χ3n) is 6.09. The molecule has 0 aromatic heterocycles. The number of carbonyl (C=O) groups is 1. The van der Waals surface area contributed by atoms with Gasteiger partial charge in [-0.2, -0.15) is 0 Å². The predicted molar refractivity (Wildman–Crippen MR) is 111 cm³/mol. The smallest absolute Gasteiger partial charge is 0.163 e. The van der Waals surface area contributed by atoms with E-state index in [9.17, 15) is 9.90 Å². The van der Waals surface area contributed by atoms with Gasteiger partial charge in [0.25, 0.3) is 0 Å². The number of benzene rings is 2. The number of fused-ring (bicyclic) bond motifs is 1. The number of aryl methyl sites for hydroxylation is 1. The van der Waals surface area contributed by atoms with Crippen molar-refractivity contribution in [3.63, 3.8) is 0 Å². The summed E-state index contributed by atoms with van der Waals surface area (Å²) in [6.07, 6.45) is 4.95. The van der Waals surface area contributed by atoms with E-state index >= 15 is 0 Å². The quantitative estimate of drug-likeness (QED) is 0.769. The second-order valence-electron chi connectivity index (χ2n) is 7.82. The number of hydrogen-bond donors (Lipinski definition) is 1. The van der Waals surface area contributed by atoms with E-state index in [4.69, 9.17) is 0 Å². The number of para-hydroxylation sites is 1. The summed E-state index contributed by atoms with van der Waals surface area (Å²) in [5.41, 5.74) is 3.25. The summed E-state index contributed by atoms with van der Waals surface area (Å²) in [6.45, 7) is 3.13. The number of halogens is 1. The summed E-state index contributed by atoms with van der Waals surface area (Å²) in [6, 6.07) is 15.8. The second kappa shape index (κ2) is 8.90. The Morgan fingerprint density at radius 1 is 0.963 bits per heavy atom. The van der Waals surface area contributed by atoms with Crippen LogP contribution in [0, 0.1) is 5.92 Å². The zero-order chi connectivity index (χ0) is 17.9. The van der Waals surface area contributed by atoms with Gasteiger partial charge < -0.3 is 10.0 Å². The number of aromatic hydroxyl groups is 1. The minimum absolute atomic E-state index is 0. The van der Waals surface area contributed by atoms with Crippen LogP contribution in [0.25, 0.3) is 0 Å². The molecule has 1 saturated heterocycles. The molecule has 1 aliphatic carbocycles. The van der Waals surface area contributed by atoms with Gasteiger partial charge >= 0.3 is 0 Å². The molecule has 1 fully saturated rings. The van der Waals surface area contributed by atoms with Crippen molar-refractivity contribution in [1.82, 2.24) is 4.90 Å². The van der Waals surface area contributed by atoms with E-state index in [0.717, 1.165) is 56.4 Å². The Morgan fingerprint density at radius 3 is 2.44 bits per heavy atom. The lowest BCUT2D eigenvalue weighted by Crippen LogP contribution is -2.37. The predicted octanol–water partition coefficient (Wildman–Crippen LogP) is 4.83. The van der Waals surface area contributed by atoms with Crippen LogP contribution in [0.3, 0.4) is 0 Å². The largest absolute Gasteiger partial charge is 0.508 e. The molecule has 0 saturated carbocycles. The molecular weight excluding hydrogens is 358 g/mol. The van der Waals surface area contributed by atoms with Gasteiger partial charge in [-0.15, -0.1) is 12.4 Å². The van der Waals surface area contributed by atoms with Gasteiger partial charge in [-0.3, -0.25) is 4.79 Å². The van der Waals surface area contributed by atoms with Crippen LogP contribution in [-0.4, -0.2) is 35.4 Å². The minimum atomic E-state index is 0. The van der Waals surface area contributed by atoms with Gasteiger partial charge in [0.2, 0.25) is 0 Å². The lowest BCUT2D eigenvalue weighted by Gasteiger charge is -2.34. The maximum absolute atomic E-state index is 12.6. The average molecular weight is 386 g/mol. The fourth-order valence-corrected chi connectivity index (χ4v) is 4.62. The van der Waals surface area contributed by atoms with Crippen molar-refractivity contribution in [2.45, 2.75) is 38.0 Å². The van der Waals surface area contributed by atoms with Gasteiger partial charge in [0, 0.05) is 18.5 Å². The van der Waals surface area contributed by atoms with Gasteiger partial charge in [-0.25, -0.2) is 0 Å². The maximum Gasteiger partial charge on any atom is 0.163 e. The van der Waals surface area contributed by atoms with Gasteiger partial charge in [-0.1, -0.05) is 42.5 Å². The van der Waals surface area contributed by atoms with E-state index in [0.29, 0.717) is 29.8 Å². The number of piperidine rings is 1. The molecule has 2 aromatic carbocycles. The molecule has 0 radical (unpaired) electrons. The van der Waals surface area contributed by atoms with E-state index in [-0.39, 0.29) is 12.4 Å². The molecule has 1 atom stereocenters. The van der Waals surface area contributed by atoms with Crippen molar-refractivity contribution >= 4 is 18.2 Å². The first kappa shape index (κ1) is 19.9. The standard InChI is InChI=1S/C23H27NO2.ClH/c25-22-8-4-3-6-20(22)19-11-13-24(14-12-19)16-17-9-10-18-5-1-2-7-21(18)23(26)15-17;/h1-8,17,19,25H,9-16H2;1H. The van der Waals surface area contributed by atoms with Crippen molar-refractivity contribution in [2.24, 2.45) is 5.92 Å². The number of phenolic OH excluding ortho intramolecular Hbond substituents is 1. The van der Waals surface area contributed by atoms with Crippen molar-refractivity contribution in [3.8, 4) is 5.75 Å². The Balaban J connectivity index is 0.00000210. The van der Waals surface area contributed by atoms with Gasteiger partial charge in [0.05, 0.1) is 0 Å². The van der Waals surface area contributed by atoms with Crippen LogP contribution in [0.1, 0.15) is 53.1 Å². The first-order chi connectivity index (χ1) is 12.7. The van der Waals surface area contributed by atoms with Crippen LogP contribution in [0.15, 0.2) is 48.5 Å². The summed E-state index contributed by atoms with van der Waals surface area (Å²) in [4.78, 5) is 15.1. The van der Waals surface area contributed by atoms with Gasteiger partial charge in [-0.05, 0) is 67.8 Å². The Kier molecular flexibility index (Phi) is 6.56. The van der Waals surface area contributed by atoms with Crippen molar-refractivity contribution in [2.75, 3.05) is 19.6 Å². The topological polar surface area (TPSA) is 40.5 Å². The SMILES string of the molecule is Cl.O=C1CC(CN2CCC(c3ccccc3O)CC2)CCc2ccccc21. The summed E-state index contributed by atoms with van der Waals surface area (Å²) in [5, 5.41) is 10.1. The first-order valence-corrected chi connectivity index (χ1v) is 9.82. The molecule has 1 N–H and O–H groups in total. The van der Waals surface area contributed by atoms with Gasteiger partial charge in [0.1, 0.15) is 5.75 Å². The molecule has 1 aliphatic heterocycles. The molecule has 1 heterocycles. The van der Waals surface area contributed by atoms with Crippen LogP contribution in [0.5, 0.6) is 5.75 Å². The average Bonchev–Trinajstić information content (AvgIpc) is 2.82. The number of ketones is 1. The highest BCUT2D eigenvalue weighted by Gasteiger charge is 2.27. The molecule has 144 valence electrons. The molecule has 2 aliphatic rings. The van der Waals surface area contributed by atoms with Crippen LogP contribution in [0.2, 0.25) is 0 Å². The highest BCUT2D eigenvalue weighted by Crippen LogP contribution is 2.34. The third-order valence-corrected chi connectivity index (χ3v) is 6.09. The third kappa shape index (κ3) is 4.53. The molecule has 1 unspecified atom stereocenters. The number of rotatable bonds is 3. The lowest BCUT2D eigenvalue weighted by molar-refractivity contribution is 0.0941. The summed E-state index contributed by atoms with van der Waals surface area (Å²) < 4.78 is 0. The zero-order valence-electron chi connectivity index (χ0n) is 15.6. The monoisotopic (exact) mass is 385 g/mol. The lowest BCUT2D eigenvalue weighted by atomic mass is 9.88. The molecule has 27 heavy (non-hydrogen) atoms. The number of Topliss-reactive ketones (excluding diaryl/α,β-unsaturated/α-hetero) is 1. The molecule has 4 rings (SSSR count). The Morgan fingerprint density at radius 2 is 1.67 bits per heavy atom. The van der Waals surface area contributed by atoms with Crippen molar-refractivity contribution in [1.29, 1.82) is 0 Å². The number of hydrogen-bond acceptors (Lipinski definition) is 3. The number of carbonyl (C=O) groups excluding carboxylic acids is 1. The Hall–Kier alpha value is -1.84. The van der Waals surface area contributed by atoms with Crippen LogP contribution < -0.4 is 0 Å².